The second-order valence-corrected chi connectivity index (χ2v) is 4.22. The average Bonchev–Trinajstić information content (AvgIpc) is 2.34. The summed E-state index contributed by atoms with van der Waals surface area (Å²) in [6, 6.07) is 0.236. The topological polar surface area (TPSA) is 65.7 Å². The van der Waals surface area contributed by atoms with Crippen LogP contribution in [0.4, 0.5) is 0 Å². The van der Waals surface area contributed by atoms with Gasteiger partial charge < -0.3 is 14.2 Å². The van der Waals surface area contributed by atoms with Gasteiger partial charge in [-0.1, -0.05) is 0 Å². The quantitative estimate of drug-likeness (QED) is 0.358. The van der Waals surface area contributed by atoms with Crippen LogP contribution in [0.25, 0.3) is 0 Å². The van der Waals surface area contributed by atoms with Crippen LogP contribution in [0.5, 0.6) is 0 Å². The lowest BCUT2D eigenvalue weighted by Gasteiger charge is -2.26. The minimum atomic E-state index is 0.236. The molecule has 3 N–H and O–H groups in total. The number of hydrazine groups is 1. The van der Waals surface area contributed by atoms with Gasteiger partial charge in [0.05, 0.1) is 19.8 Å². The summed E-state index contributed by atoms with van der Waals surface area (Å²) in [5, 5.41) is 0. The van der Waals surface area contributed by atoms with Crippen LogP contribution in [0.15, 0.2) is 0 Å². The van der Waals surface area contributed by atoms with E-state index in [1.165, 1.54) is 0 Å². The van der Waals surface area contributed by atoms with E-state index in [1.54, 1.807) is 7.11 Å². The fourth-order valence-electron chi connectivity index (χ4n) is 1.94. The summed E-state index contributed by atoms with van der Waals surface area (Å²) in [5.74, 6) is 6.22. The summed E-state index contributed by atoms with van der Waals surface area (Å²) >= 11 is 0. The number of rotatable bonds is 8. The molecule has 1 heterocycles. The molecule has 1 aliphatic heterocycles. The number of hydrogen-bond acceptors (Lipinski definition) is 5. The zero-order valence-corrected chi connectivity index (χ0v) is 10.1. The summed E-state index contributed by atoms with van der Waals surface area (Å²) in [6.07, 6.45) is 3.33. The molecule has 0 aromatic carbocycles. The van der Waals surface area contributed by atoms with E-state index < -0.39 is 0 Å². The normalized spacial score (nSPS) is 19.9. The number of ether oxygens (including phenoxy) is 3. The third-order valence-electron chi connectivity index (χ3n) is 2.95. The molecule has 0 aliphatic carbocycles. The molecule has 0 radical (unpaired) electrons. The second kappa shape index (κ2) is 8.90. The fraction of sp³-hybridized carbons (Fsp3) is 1.00. The highest BCUT2D eigenvalue weighted by molar-refractivity contribution is 4.71. The lowest BCUT2D eigenvalue weighted by Crippen LogP contribution is -2.41. The Hall–Kier alpha value is -0.200. The summed E-state index contributed by atoms with van der Waals surface area (Å²) < 4.78 is 15.7. The van der Waals surface area contributed by atoms with Crippen molar-refractivity contribution in [3.8, 4) is 0 Å². The molecule has 1 fully saturated rings. The van der Waals surface area contributed by atoms with Crippen LogP contribution in [-0.2, 0) is 14.2 Å². The third-order valence-corrected chi connectivity index (χ3v) is 2.95. The first-order valence-corrected chi connectivity index (χ1v) is 5.97. The van der Waals surface area contributed by atoms with E-state index in [4.69, 9.17) is 20.1 Å². The number of nitrogens with one attached hydrogen (secondary N) is 1. The zero-order chi connectivity index (χ0) is 11.6. The van der Waals surface area contributed by atoms with Crippen LogP contribution in [0.1, 0.15) is 19.3 Å². The van der Waals surface area contributed by atoms with E-state index >= 15 is 0 Å². The molecule has 0 aromatic rings. The molecule has 16 heavy (non-hydrogen) atoms. The lowest BCUT2D eigenvalue weighted by molar-refractivity contribution is 0.0382. The molecule has 1 saturated heterocycles. The number of hydrogen-bond donors (Lipinski definition) is 2. The maximum atomic E-state index is 5.51. The number of methoxy groups -OCH3 is 1. The molecule has 0 bridgehead atoms. The van der Waals surface area contributed by atoms with Crippen molar-refractivity contribution >= 4 is 0 Å². The van der Waals surface area contributed by atoms with E-state index in [9.17, 15) is 0 Å². The van der Waals surface area contributed by atoms with Crippen molar-refractivity contribution in [1.29, 1.82) is 0 Å². The van der Waals surface area contributed by atoms with Crippen LogP contribution in [0.3, 0.4) is 0 Å². The summed E-state index contributed by atoms with van der Waals surface area (Å²) in [4.78, 5) is 0. The predicted molar refractivity (Wildman–Crippen MR) is 62.0 cm³/mol. The highest BCUT2D eigenvalue weighted by Gasteiger charge is 2.18. The first-order chi connectivity index (χ1) is 7.86. The van der Waals surface area contributed by atoms with Crippen LogP contribution in [-0.4, -0.2) is 46.2 Å². The largest absolute Gasteiger partial charge is 0.382 e. The van der Waals surface area contributed by atoms with Gasteiger partial charge in [-0.15, -0.1) is 0 Å². The molecule has 0 saturated carbocycles. The standard InChI is InChI=1S/C11H24N2O3/c1-14-6-7-16-9-11(13-12)8-10-2-4-15-5-3-10/h10-11,13H,2-9,12H2,1H3. The molecule has 1 atom stereocenters. The molecule has 5 heteroatoms. The Bertz CT molecular complexity index is 163. The summed E-state index contributed by atoms with van der Waals surface area (Å²) in [6.45, 7) is 3.67. The van der Waals surface area contributed by atoms with Crippen LogP contribution in [0.2, 0.25) is 0 Å². The smallest absolute Gasteiger partial charge is 0.0701 e. The van der Waals surface area contributed by atoms with Gasteiger partial charge in [0, 0.05) is 26.4 Å². The van der Waals surface area contributed by atoms with E-state index in [0.29, 0.717) is 25.7 Å². The average molecular weight is 232 g/mol. The first kappa shape index (κ1) is 13.9. The van der Waals surface area contributed by atoms with Crippen molar-refractivity contribution in [2.24, 2.45) is 11.8 Å². The fourth-order valence-corrected chi connectivity index (χ4v) is 1.94. The van der Waals surface area contributed by atoms with Crippen molar-refractivity contribution in [2.75, 3.05) is 40.1 Å². The first-order valence-electron chi connectivity index (χ1n) is 5.97. The van der Waals surface area contributed by atoms with Gasteiger partial charge in [-0.05, 0) is 25.2 Å². The zero-order valence-electron chi connectivity index (χ0n) is 10.1. The Morgan fingerprint density at radius 1 is 1.38 bits per heavy atom. The highest BCUT2D eigenvalue weighted by atomic mass is 16.5. The molecule has 1 unspecified atom stereocenters. The molecule has 1 rings (SSSR count). The Morgan fingerprint density at radius 2 is 2.12 bits per heavy atom. The second-order valence-electron chi connectivity index (χ2n) is 4.22. The summed E-state index contributed by atoms with van der Waals surface area (Å²) in [5.41, 5.74) is 2.82. The SMILES string of the molecule is COCCOCC(CC1CCOCC1)NN. The predicted octanol–water partition coefficient (Wildman–Crippen LogP) is 0.298. The van der Waals surface area contributed by atoms with Crippen molar-refractivity contribution in [2.45, 2.75) is 25.3 Å². The molecular formula is C11H24N2O3. The molecule has 0 amide bonds. The van der Waals surface area contributed by atoms with Crippen LogP contribution in [0, 0.1) is 5.92 Å². The van der Waals surface area contributed by atoms with Crippen molar-refractivity contribution in [3.63, 3.8) is 0 Å². The molecule has 5 nitrogen and oxygen atoms in total. The van der Waals surface area contributed by atoms with E-state index in [0.717, 1.165) is 32.5 Å². The highest BCUT2D eigenvalue weighted by Crippen LogP contribution is 2.19. The van der Waals surface area contributed by atoms with E-state index in [2.05, 4.69) is 5.43 Å². The molecule has 0 aromatic heterocycles. The lowest BCUT2D eigenvalue weighted by atomic mass is 9.93. The maximum absolute atomic E-state index is 5.51. The van der Waals surface area contributed by atoms with Gasteiger partial charge in [0.15, 0.2) is 0 Å². The summed E-state index contributed by atoms with van der Waals surface area (Å²) in [7, 11) is 1.67. The van der Waals surface area contributed by atoms with Gasteiger partial charge in [0.25, 0.3) is 0 Å². The van der Waals surface area contributed by atoms with Crippen LogP contribution >= 0.6 is 0 Å². The van der Waals surface area contributed by atoms with Gasteiger partial charge >= 0.3 is 0 Å². The van der Waals surface area contributed by atoms with Crippen molar-refractivity contribution < 1.29 is 14.2 Å². The van der Waals surface area contributed by atoms with Crippen LogP contribution < -0.4 is 11.3 Å². The van der Waals surface area contributed by atoms with E-state index in [1.807, 2.05) is 0 Å². The van der Waals surface area contributed by atoms with Gasteiger partial charge in [0.1, 0.15) is 0 Å². The molecular weight excluding hydrogens is 208 g/mol. The van der Waals surface area contributed by atoms with Gasteiger partial charge in [-0.3, -0.25) is 11.3 Å². The minimum absolute atomic E-state index is 0.236. The van der Waals surface area contributed by atoms with Gasteiger partial charge in [0.2, 0.25) is 0 Å². The Kier molecular flexibility index (Phi) is 7.71. The van der Waals surface area contributed by atoms with Gasteiger partial charge in [-0.2, -0.15) is 0 Å². The maximum Gasteiger partial charge on any atom is 0.0701 e. The Morgan fingerprint density at radius 3 is 2.75 bits per heavy atom. The third kappa shape index (κ3) is 5.77. The Balaban J connectivity index is 2.09. The van der Waals surface area contributed by atoms with Gasteiger partial charge in [-0.25, -0.2) is 0 Å². The minimum Gasteiger partial charge on any atom is -0.382 e. The van der Waals surface area contributed by atoms with Crippen molar-refractivity contribution in [1.82, 2.24) is 5.43 Å². The Labute approximate surface area is 97.6 Å². The monoisotopic (exact) mass is 232 g/mol. The van der Waals surface area contributed by atoms with Crippen molar-refractivity contribution in [3.05, 3.63) is 0 Å². The molecule has 0 spiro atoms. The molecule has 1 aliphatic rings. The molecule has 96 valence electrons. The van der Waals surface area contributed by atoms with E-state index in [-0.39, 0.29) is 6.04 Å². The number of nitrogens with two attached hydrogens (primary N) is 1.